The fourth-order valence-electron chi connectivity index (χ4n) is 7.99. The Labute approximate surface area is 472 Å². The lowest BCUT2D eigenvalue weighted by Gasteiger charge is -2.18. The number of aromatic nitrogens is 4. The van der Waals surface area contributed by atoms with Gasteiger partial charge in [-0.25, -0.2) is 48.7 Å². The number of benzene rings is 8. The lowest BCUT2D eigenvalue weighted by molar-refractivity contribution is 0.0686. The number of carbonyl (C=O) groups is 6. The van der Waals surface area contributed by atoms with Crippen molar-refractivity contribution in [2.45, 2.75) is 26.2 Å². The van der Waals surface area contributed by atoms with Gasteiger partial charge in [0.1, 0.15) is 22.1 Å². The zero-order chi connectivity index (χ0) is 59.3. The van der Waals surface area contributed by atoms with E-state index >= 15 is 0 Å². The van der Waals surface area contributed by atoms with Crippen LogP contribution in [0.15, 0.2) is 188 Å². The van der Waals surface area contributed by atoms with E-state index in [1.807, 2.05) is 18.2 Å². The molecule has 414 valence electrons. The lowest BCUT2D eigenvalue weighted by Crippen LogP contribution is -2.10. The zero-order valence-corrected chi connectivity index (χ0v) is 44.4. The molecule has 8 aromatic carbocycles. The molecule has 12 rings (SSSR count). The third-order valence-electron chi connectivity index (χ3n) is 12.3. The van der Waals surface area contributed by atoms with Gasteiger partial charge in [-0.05, 0) is 163 Å². The number of oxazole rings is 4. The Morgan fingerprint density at radius 1 is 0.337 bits per heavy atom. The Morgan fingerprint density at radius 2 is 0.687 bits per heavy atom. The molecule has 0 aliphatic carbocycles. The van der Waals surface area contributed by atoms with E-state index < -0.39 is 35.8 Å². The number of nitrogens with zero attached hydrogens (tertiary/aromatic N) is 4. The zero-order valence-electron chi connectivity index (χ0n) is 43.6. The van der Waals surface area contributed by atoms with Gasteiger partial charge in [0.05, 0.1) is 33.4 Å². The molecule has 0 fully saturated rings. The van der Waals surface area contributed by atoms with Crippen LogP contribution in [0.1, 0.15) is 88.5 Å². The van der Waals surface area contributed by atoms with E-state index in [0.717, 1.165) is 22.2 Å². The molecule has 4 aromatic heterocycles. The molecule has 0 amide bonds. The van der Waals surface area contributed by atoms with Crippen molar-refractivity contribution in [2.24, 2.45) is 0 Å². The molecule has 21 heteroatoms. The fraction of sp³-hybridized carbons (Fsp3) is 0.0645. The highest BCUT2D eigenvalue weighted by Crippen LogP contribution is 2.32. The van der Waals surface area contributed by atoms with Gasteiger partial charge in [0.2, 0.25) is 23.6 Å². The predicted octanol–water partition coefficient (Wildman–Crippen LogP) is 14.1. The molecule has 0 atom stereocenters. The van der Waals surface area contributed by atoms with E-state index in [9.17, 15) is 28.8 Å². The third kappa shape index (κ3) is 13.3. The van der Waals surface area contributed by atoms with E-state index in [-0.39, 0.29) is 50.6 Å². The number of carboxylic acids is 6. The molecule has 0 aliphatic heterocycles. The number of aromatic carboxylic acids is 6. The quantitative estimate of drug-likeness (QED) is 0.0741. The first-order valence-corrected chi connectivity index (χ1v) is 25.0. The summed E-state index contributed by atoms with van der Waals surface area (Å²) in [5.74, 6) is -4.66. The summed E-state index contributed by atoms with van der Waals surface area (Å²) < 4.78 is 22.4. The first-order chi connectivity index (χ1) is 39.6. The number of halogens is 1. The van der Waals surface area contributed by atoms with Gasteiger partial charge < -0.3 is 48.3 Å². The molecule has 0 spiro atoms. The average Bonchev–Trinajstić information content (AvgIpc) is 4.40. The molecule has 0 bridgehead atoms. The smallest absolute Gasteiger partial charge is 0.335 e. The molecule has 0 unspecified atom stereocenters. The Bertz CT molecular complexity index is 4330. The van der Waals surface area contributed by atoms with Crippen molar-refractivity contribution >= 4 is 91.8 Å². The Morgan fingerprint density at radius 3 is 1.14 bits per heavy atom. The van der Waals surface area contributed by atoms with Gasteiger partial charge in [0, 0.05) is 27.3 Å². The SMILES string of the molecule is CC(C)(C)c1ccc2oc(-c3ccc(C(=O)O)cc3)nc2c1.O=C(O)c1ccc(-c2nc3cc(Cl)ccc3o2)cc1.O=C(O)c1cccc(-c2nc3cc(C(=O)O)ccc3o2)c1.O=C(O)c1cccc(-c2nc3ccc(C(=O)O)cc3o2)c1. The van der Waals surface area contributed by atoms with Gasteiger partial charge in [0.15, 0.2) is 22.3 Å². The third-order valence-corrected chi connectivity index (χ3v) is 12.6. The minimum Gasteiger partial charge on any atom is -0.478 e. The maximum Gasteiger partial charge on any atom is 0.335 e. The molecule has 0 radical (unpaired) electrons. The first kappa shape index (κ1) is 56.5. The van der Waals surface area contributed by atoms with E-state index in [1.165, 1.54) is 72.3 Å². The second-order valence-electron chi connectivity index (χ2n) is 19.1. The van der Waals surface area contributed by atoms with Crippen LogP contribution in [0.25, 0.3) is 90.2 Å². The van der Waals surface area contributed by atoms with Crippen LogP contribution in [0.2, 0.25) is 5.02 Å². The number of hydrogen-bond acceptors (Lipinski definition) is 14. The Kier molecular flexibility index (Phi) is 16.1. The molecular weight excluding hydrogens is 1090 g/mol. The van der Waals surface area contributed by atoms with E-state index in [4.69, 9.17) is 59.9 Å². The van der Waals surface area contributed by atoms with Crippen molar-refractivity contribution in [3.63, 3.8) is 0 Å². The molecular formula is C62H43ClN4O16. The van der Waals surface area contributed by atoms with Crippen LogP contribution < -0.4 is 0 Å². The summed E-state index contributed by atoms with van der Waals surface area (Å²) in [5.41, 5.74) is 9.24. The van der Waals surface area contributed by atoms with Gasteiger partial charge in [0.25, 0.3) is 0 Å². The van der Waals surface area contributed by atoms with E-state index in [1.54, 1.807) is 84.9 Å². The minimum absolute atomic E-state index is 0.0520. The summed E-state index contributed by atoms with van der Waals surface area (Å²) in [5, 5.41) is 54.2. The standard InChI is InChI=1S/C18H17NO3.2C15H9NO5.C14H8ClNO3/c1-18(2,3)13-8-9-15-14(10-13)19-16(22-15)11-4-6-12(7-5-11)17(20)21;17-14(18)9-3-1-2-8(6-9)13-16-11-7-10(15(19)20)4-5-12(11)21-13;17-14(18)9-3-1-2-8(6-9)13-16-11-5-4-10(15(19)20)7-12(11)21-13;15-10-5-6-12-11(7-10)16-13(19-12)8-1-3-9(4-2-8)14(17)18/h4-10H,1-3H3,(H,20,21);2*1-7H,(H,17,18)(H,19,20);1-7H,(H,17,18). The maximum atomic E-state index is 11.0. The monoisotopic (exact) mass is 1130 g/mol. The van der Waals surface area contributed by atoms with E-state index in [0.29, 0.717) is 61.2 Å². The molecule has 83 heavy (non-hydrogen) atoms. The normalized spacial score (nSPS) is 11.0. The van der Waals surface area contributed by atoms with Crippen LogP contribution in [0.3, 0.4) is 0 Å². The topological polar surface area (TPSA) is 328 Å². The second kappa shape index (κ2) is 23.6. The van der Waals surface area contributed by atoms with Crippen LogP contribution in [0, 0.1) is 0 Å². The summed E-state index contributed by atoms with van der Waals surface area (Å²) in [4.78, 5) is 82.7. The van der Waals surface area contributed by atoms with Crippen LogP contribution in [0.5, 0.6) is 0 Å². The summed E-state index contributed by atoms with van der Waals surface area (Å²) in [7, 11) is 0. The van der Waals surface area contributed by atoms with Gasteiger partial charge in [-0.1, -0.05) is 50.6 Å². The summed E-state index contributed by atoms with van der Waals surface area (Å²) in [6.45, 7) is 6.46. The molecule has 0 saturated carbocycles. The molecule has 0 aliphatic rings. The van der Waals surface area contributed by atoms with Gasteiger partial charge in [-0.3, -0.25) is 0 Å². The Hall–Kier alpha value is -11.3. The van der Waals surface area contributed by atoms with Crippen LogP contribution in [0.4, 0.5) is 0 Å². The number of hydrogen-bond donors (Lipinski definition) is 6. The molecule has 0 saturated heterocycles. The van der Waals surface area contributed by atoms with E-state index in [2.05, 4.69) is 40.7 Å². The van der Waals surface area contributed by atoms with Crippen LogP contribution >= 0.6 is 11.6 Å². The maximum absolute atomic E-state index is 11.0. The Balaban J connectivity index is 0.000000133. The molecule has 4 heterocycles. The summed E-state index contributed by atoms with van der Waals surface area (Å²) in [6.07, 6.45) is 0. The average molecular weight is 1140 g/mol. The highest BCUT2D eigenvalue weighted by Gasteiger charge is 2.19. The highest BCUT2D eigenvalue weighted by atomic mass is 35.5. The predicted molar refractivity (Wildman–Crippen MR) is 303 cm³/mol. The van der Waals surface area contributed by atoms with Crippen molar-refractivity contribution < 1.29 is 77.1 Å². The number of rotatable bonds is 10. The lowest BCUT2D eigenvalue weighted by atomic mass is 9.87. The largest absolute Gasteiger partial charge is 0.478 e. The van der Waals surface area contributed by atoms with Crippen molar-refractivity contribution in [1.82, 2.24) is 19.9 Å². The van der Waals surface area contributed by atoms with Crippen molar-refractivity contribution in [2.75, 3.05) is 0 Å². The summed E-state index contributed by atoms with van der Waals surface area (Å²) in [6, 6.07) is 45.2. The minimum atomic E-state index is -1.05. The van der Waals surface area contributed by atoms with Gasteiger partial charge in [-0.2, -0.15) is 0 Å². The number of fused-ring (bicyclic) bond motifs is 4. The van der Waals surface area contributed by atoms with Crippen LogP contribution in [-0.2, 0) is 5.41 Å². The van der Waals surface area contributed by atoms with Crippen molar-refractivity contribution in [3.05, 3.63) is 214 Å². The fourth-order valence-corrected chi connectivity index (χ4v) is 8.15. The number of carboxylic acid groups (broad SMARTS) is 6. The van der Waals surface area contributed by atoms with Gasteiger partial charge in [-0.15, -0.1) is 0 Å². The van der Waals surface area contributed by atoms with Crippen molar-refractivity contribution in [1.29, 1.82) is 0 Å². The molecule has 12 aromatic rings. The van der Waals surface area contributed by atoms with Gasteiger partial charge >= 0.3 is 35.8 Å². The summed E-state index contributed by atoms with van der Waals surface area (Å²) >= 11 is 5.88. The molecule has 6 N–H and O–H groups in total. The highest BCUT2D eigenvalue weighted by molar-refractivity contribution is 6.31. The first-order valence-electron chi connectivity index (χ1n) is 24.7. The van der Waals surface area contributed by atoms with Crippen molar-refractivity contribution in [3.8, 4) is 45.8 Å². The second-order valence-corrected chi connectivity index (χ2v) is 19.6. The van der Waals surface area contributed by atoms with Crippen LogP contribution in [-0.4, -0.2) is 86.4 Å². The molecule has 20 nitrogen and oxygen atoms in total.